The van der Waals surface area contributed by atoms with Gasteiger partial charge in [-0.2, -0.15) is 13.2 Å². The van der Waals surface area contributed by atoms with E-state index in [1.165, 1.54) is 17.0 Å². The third kappa shape index (κ3) is 6.82. The lowest BCUT2D eigenvalue weighted by Gasteiger charge is -2.25. The number of carbonyl (C=O) groups is 2. The highest BCUT2D eigenvalue weighted by molar-refractivity contribution is 5.84. The summed E-state index contributed by atoms with van der Waals surface area (Å²) in [4.78, 5) is 30.0. The molecule has 0 saturated heterocycles. The maximum Gasteiger partial charge on any atom is 0.471 e. The number of carbonyl (C=O) groups excluding carboxylic acids is 2. The lowest BCUT2D eigenvalue weighted by atomic mass is 10.1. The predicted molar refractivity (Wildman–Crippen MR) is 139 cm³/mol. The van der Waals surface area contributed by atoms with Crippen molar-refractivity contribution >= 4 is 29.5 Å². The van der Waals surface area contributed by atoms with Crippen LogP contribution in [0, 0.1) is 12.7 Å². The van der Waals surface area contributed by atoms with Crippen LogP contribution in [-0.2, 0) is 16.1 Å². The Hall–Kier alpha value is -4.19. The van der Waals surface area contributed by atoms with Gasteiger partial charge in [-0.25, -0.2) is 9.37 Å². The second kappa shape index (κ2) is 11.7. The number of rotatable bonds is 9. The fraction of sp³-hybridized carbons (Fsp3) is 0.296. The Morgan fingerprint density at radius 2 is 1.74 bits per heavy atom. The Labute approximate surface area is 222 Å². The topological polar surface area (TPSA) is 105 Å². The number of unbranched alkanes of at least 4 members (excludes halogenated alkanes) is 1. The molecule has 4 rings (SSSR count). The van der Waals surface area contributed by atoms with Crippen molar-refractivity contribution in [1.82, 2.24) is 19.8 Å². The summed E-state index contributed by atoms with van der Waals surface area (Å²) >= 11 is 0. The quantitative estimate of drug-likeness (QED) is 0.268. The number of aromatic nitrogens is 2. The van der Waals surface area contributed by atoms with Crippen LogP contribution in [0.5, 0.6) is 0 Å². The zero-order chi connectivity index (χ0) is 28.2. The Morgan fingerprint density at radius 1 is 1.05 bits per heavy atom. The molecule has 0 bridgehead atoms. The van der Waals surface area contributed by atoms with Crippen LogP contribution < -0.4 is 16.4 Å². The van der Waals surface area contributed by atoms with Gasteiger partial charge < -0.3 is 21.3 Å². The van der Waals surface area contributed by atoms with Crippen LogP contribution in [0.15, 0.2) is 54.7 Å². The standard InChI is InChI=1S/C27H28F4N6O2/c1-17-5-11-20(12-6-17)34-24-23(18-7-9-19(28)10-8-18)35-22-16-36(14-15-37(22)24)25(38)21(32)4-2-3-13-33-26(39)27(29,30)31/h5-12,14-15,21,34H,2-4,13,16,32H2,1H3,(H,33,39). The first-order chi connectivity index (χ1) is 18.5. The number of amides is 2. The first-order valence-corrected chi connectivity index (χ1v) is 12.3. The summed E-state index contributed by atoms with van der Waals surface area (Å²) < 4.78 is 52.1. The first-order valence-electron chi connectivity index (χ1n) is 12.3. The number of imidazole rings is 1. The second-order valence-electron chi connectivity index (χ2n) is 9.21. The van der Waals surface area contributed by atoms with Gasteiger partial charge in [0.25, 0.3) is 0 Å². The molecule has 0 radical (unpaired) electrons. The fourth-order valence-corrected chi connectivity index (χ4v) is 4.08. The minimum absolute atomic E-state index is 0.133. The number of benzene rings is 2. The predicted octanol–water partition coefficient (Wildman–Crippen LogP) is 4.69. The number of aryl methyl sites for hydroxylation is 1. The van der Waals surface area contributed by atoms with Crippen molar-refractivity contribution in [1.29, 1.82) is 0 Å². The molecular formula is C27H28F4N6O2. The van der Waals surface area contributed by atoms with Crippen LogP contribution in [0.4, 0.5) is 29.1 Å². The van der Waals surface area contributed by atoms with Crippen LogP contribution in [0.3, 0.4) is 0 Å². The van der Waals surface area contributed by atoms with Gasteiger partial charge in [0, 0.05) is 30.2 Å². The van der Waals surface area contributed by atoms with E-state index in [1.54, 1.807) is 29.8 Å². The second-order valence-corrected chi connectivity index (χ2v) is 9.21. The molecule has 1 unspecified atom stereocenters. The summed E-state index contributed by atoms with van der Waals surface area (Å²) in [6.07, 6.45) is -0.804. The molecule has 0 saturated carbocycles. The highest BCUT2D eigenvalue weighted by Crippen LogP contribution is 2.33. The molecule has 12 heteroatoms. The highest BCUT2D eigenvalue weighted by Gasteiger charge is 2.38. The van der Waals surface area contributed by atoms with E-state index in [1.807, 2.05) is 35.8 Å². The van der Waals surface area contributed by atoms with Gasteiger partial charge in [0.15, 0.2) is 0 Å². The van der Waals surface area contributed by atoms with E-state index < -0.39 is 18.1 Å². The molecule has 1 aliphatic rings. The van der Waals surface area contributed by atoms with E-state index in [9.17, 15) is 27.2 Å². The fourth-order valence-electron chi connectivity index (χ4n) is 4.08. The molecule has 0 spiro atoms. The molecule has 0 aliphatic carbocycles. The number of alkyl halides is 3. The number of nitrogens with one attached hydrogen (secondary N) is 2. The maximum atomic E-state index is 13.6. The number of hydrogen-bond donors (Lipinski definition) is 3. The molecule has 4 N–H and O–H groups in total. The lowest BCUT2D eigenvalue weighted by Crippen LogP contribution is -2.42. The third-order valence-electron chi connectivity index (χ3n) is 6.21. The third-order valence-corrected chi connectivity index (χ3v) is 6.21. The zero-order valence-electron chi connectivity index (χ0n) is 21.1. The van der Waals surface area contributed by atoms with E-state index in [4.69, 9.17) is 10.7 Å². The monoisotopic (exact) mass is 544 g/mol. The van der Waals surface area contributed by atoms with Gasteiger partial charge in [0.05, 0.1) is 12.6 Å². The molecule has 2 heterocycles. The number of anilines is 2. The Kier molecular flexibility index (Phi) is 8.34. The summed E-state index contributed by atoms with van der Waals surface area (Å²) in [5, 5.41) is 5.17. The van der Waals surface area contributed by atoms with Crippen molar-refractivity contribution in [3.8, 4) is 11.3 Å². The molecular weight excluding hydrogens is 516 g/mol. The Morgan fingerprint density at radius 3 is 2.41 bits per heavy atom. The number of nitrogens with zero attached hydrogens (tertiary/aromatic N) is 3. The minimum atomic E-state index is -4.93. The molecule has 8 nitrogen and oxygen atoms in total. The average molecular weight is 545 g/mol. The normalized spacial score (nSPS) is 13.6. The van der Waals surface area contributed by atoms with Gasteiger partial charge >= 0.3 is 12.1 Å². The van der Waals surface area contributed by atoms with Gasteiger partial charge in [-0.15, -0.1) is 0 Å². The molecule has 0 fully saturated rings. The van der Waals surface area contributed by atoms with Gasteiger partial charge in [-0.05, 0) is 62.6 Å². The van der Waals surface area contributed by atoms with Gasteiger partial charge in [-0.1, -0.05) is 17.7 Å². The Balaban J connectivity index is 1.45. The molecule has 1 atom stereocenters. The van der Waals surface area contributed by atoms with Crippen LogP contribution >= 0.6 is 0 Å². The van der Waals surface area contributed by atoms with Crippen molar-refractivity contribution < 1.29 is 27.2 Å². The maximum absolute atomic E-state index is 13.6. The molecule has 1 aliphatic heterocycles. The van der Waals surface area contributed by atoms with Crippen LogP contribution in [0.25, 0.3) is 17.5 Å². The summed E-state index contributed by atoms with van der Waals surface area (Å²) in [7, 11) is 0. The smallest absolute Gasteiger partial charge is 0.348 e. The summed E-state index contributed by atoms with van der Waals surface area (Å²) in [5.41, 5.74) is 9.26. The molecule has 3 aromatic rings. The number of halogens is 4. The van der Waals surface area contributed by atoms with Crippen LogP contribution in [0.1, 0.15) is 30.7 Å². The van der Waals surface area contributed by atoms with Gasteiger partial charge in [-0.3, -0.25) is 14.2 Å². The summed E-state index contributed by atoms with van der Waals surface area (Å²) in [6.45, 7) is 1.96. The molecule has 2 amide bonds. The number of nitrogens with two attached hydrogens (primary N) is 1. The van der Waals surface area contributed by atoms with Crippen molar-refractivity contribution in [2.45, 2.75) is 44.9 Å². The van der Waals surface area contributed by atoms with E-state index >= 15 is 0 Å². The highest BCUT2D eigenvalue weighted by atomic mass is 19.4. The van der Waals surface area contributed by atoms with Gasteiger partial charge in [0.2, 0.25) is 5.91 Å². The van der Waals surface area contributed by atoms with E-state index in [0.717, 1.165) is 11.3 Å². The molecule has 206 valence electrons. The summed E-state index contributed by atoms with van der Waals surface area (Å²) in [6, 6.07) is 12.9. The average Bonchev–Trinajstić information content (AvgIpc) is 3.26. The largest absolute Gasteiger partial charge is 0.471 e. The SMILES string of the molecule is Cc1ccc(Nc2c(-c3ccc(F)cc3)nc3n2C=CN(C(=O)C(N)CCCCNC(=O)C(F)(F)F)C3)cc1. The lowest BCUT2D eigenvalue weighted by molar-refractivity contribution is -0.173. The molecule has 39 heavy (non-hydrogen) atoms. The Bertz CT molecular complexity index is 1350. The zero-order valence-corrected chi connectivity index (χ0v) is 21.1. The van der Waals surface area contributed by atoms with Crippen molar-refractivity contribution in [2.24, 2.45) is 5.73 Å². The van der Waals surface area contributed by atoms with Crippen molar-refractivity contribution in [2.75, 3.05) is 11.9 Å². The number of hydrogen-bond acceptors (Lipinski definition) is 5. The van der Waals surface area contributed by atoms with Crippen LogP contribution in [-0.4, -0.2) is 45.0 Å². The first kappa shape index (κ1) is 27.8. The van der Waals surface area contributed by atoms with E-state index in [2.05, 4.69) is 5.32 Å². The minimum Gasteiger partial charge on any atom is -0.348 e. The van der Waals surface area contributed by atoms with Gasteiger partial charge in [0.1, 0.15) is 23.2 Å². The van der Waals surface area contributed by atoms with E-state index in [-0.39, 0.29) is 37.7 Å². The van der Waals surface area contributed by atoms with Crippen molar-refractivity contribution in [3.63, 3.8) is 0 Å². The van der Waals surface area contributed by atoms with Crippen LogP contribution in [0.2, 0.25) is 0 Å². The van der Waals surface area contributed by atoms with E-state index in [0.29, 0.717) is 29.3 Å². The van der Waals surface area contributed by atoms with Crippen molar-refractivity contribution in [3.05, 3.63) is 71.9 Å². The summed E-state index contributed by atoms with van der Waals surface area (Å²) in [5.74, 6) is -1.52. The molecule has 1 aromatic heterocycles. The number of fused-ring (bicyclic) bond motifs is 1. The molecule has 2 aromatic carbocycles.